The number of amides is 1. The highest BCUT2D eigenvalue weighted by atomic mass is 19.1. The lowest BCUT2D eigenvalue weighted by Crippen LogP contribution is -2.41. The van der Waals surface area contributed by atoms with Crippen LogP contribution >= 0.6 is 0 Å². The predicted molar refractivity (Wildman–Crippen MR) is 234 cm³/mol. The van der Waals surface area contributed by atoms with Crippen molar-refractivity contribution < 1.29 is 28.3 Å². The first-order chi connectivity index (χ1) is 31.3. The number of fused-ring (bicyclic) bond motifs is 3. The lowest BCUT2D eigenvalue weighted by molar-refractivity contribution is -0.102. The van der Waals surface area contributed by atoms with Crippen molar-refractivity contribution in [3.8, 4) is 17.2 Å². The van der Waals surface area contributed by atoms with Gasteiger partial charge >= 0.3 is 5.69 Å². The molecule has 12 rings (SSSR count). The number of nitrogens with one attached hydrogen (secondary N) is 1. The highest BCUT2D eigenvalue weighted by molar-refractivity contribution is 6.02. The van der Waals surface area contributed by atoms with E-state index in [1.807, 2.05) is 17.5 Å². The second kappa shape index (κ2) is 14.2. The van der Waals surface area contributed by atoms with Crippen molar-refractivity contribution in [1.82, 2.24) is 48.5 Å². The van der Waals surface area contributed by atoms with Gasteiger partial charge in [0, 0.05) is 50.8 Å². The smallest absolute Gasteiger partial charge is 0.338 e. The quantitative estimate of drug-likeness (QED) is 0.182. The van der Waals surface area contributed by atoms with Gasteiger partial charge in [-0.1, -0.05) is 0 Å². The number of amidine groups is 1. The molecule has 8 heterocycles. The largest absolute Gasteiger partial charge is 0.376 e. The lowest BCUT2D eigenvalue weighted by Gasteiger charge is -2.35. The number of aliphatic imine (C=N–C) groups is 1. The Kier molecular flexibility index (Phi) is 8.78. The van der Waals surface area contributed by atoms with Crippen molar-refractivity contribution >= 4 is 28.3 Å². The van der Waals surface area contributed by atoms with Gasteiger partial charge in [0.25, 0.3) is 12.3 Å². The van der Waals surface area contributed by atoms with Gasteiger partial charge in [-0.15, -0.1) is 0 Å². The van der Waals surface area contributed by atoms with Gasteiger partial charge in [0.1, 0.15) is 23.1 Å². The molecule has 334 valence electrons. The zero-order chi connectivity index (χ0) is 44.7. The molecule has 2 saturated carbocycles. The monoisotopic (exact) mass is 883 g/mol. The fourth-order valence-electron chi connectivity index (χ4n) is 10.6. The number of pyridine rings is 1. The van der Waals surface area contributed by atoms with Crippen molar-refractivity contribution in [1.29, 1.82) is 0 Å². The van der Waals surface area contributed by atoms with Crippen LogP contribution < -0.4 is 11.2 Å². The molecule has 1 amide bonds. The van der Waals surface area contributed by atoms with E-state index >= 15 is 13.6 Å². The number of rotatable bonds is 8. The van der Waals surface area contributed by atoms with Crippen LogP contribution in [0.5, 0.6) is 0 Å². The van der Waals surface area contributed by atoms with Gasteiger partial charge in [-0.05, 0) is 125 Å². The molecule has 16 nitrogen and oxygen atoms in total. The minimum atomic E-state index is -1.38. The lowest BCUT2D eigenvalue weighted by atomic mass is 9.84. The summed E-state index contributed by atoms with van der Waals surface area (Å²) in [6.07, 6.45) is 10.2. The third kappa shape index (κ3) is 6.24. The fraction of sp³-hybridized carbons (Fsp3) is 0.404. The summed E-state index contributed by atoms with van der Waals surface area (Å²) in [5.74, 6) is -0.0877. The van der Waals surface area contributed by atoms with Crippen LogP contribution in [0.4, 0.5) is 8.78 Å². The molecule has 0 radical (unpaired) electrons. The van der Waals surface area contributed by atoms with E-state index in [-0.39, 0.29) is 52.5 Å². The first kappa shape index (κ1) is 40.0. The molecule has 3 fully saturated rings. The summed E-state index contributed by atoms with van der Waals surface area (Å²) >= 11 is 0. The number of aliphatic hydroxyl groups is 1. The van der Waals surface area contributed by atoms with E-state index in [9.17, 15) is 9.90 Å². The van der Waals surface area contributed by atoms with Crippen molar-refractivity contribution in [2.24, 2.45) is 12.0 Å². The molecular weight excluding hydrogens is 837 g/mol. The maximum atomic E-state index is 16.1. The highest BCUT2D eigenvalue weighted by Crippen LogP contribution is 2.52. The Morgan fingerprint density at radius 3 is 2.57 bits per heavy atom. The normalized spacial score (nSPS) is 22.4. The molecule has 5 aromatic heterocycles. The number of carbonyl (C=O) groups is 1. The topological polar surface area (TPSA) is 163 Å². The van der Waals surface area contributed by atoms with Crippen molar-refractivity contribution in [3.05, 3.63) is 123 Å². The summed E-state index contributed by atoms with van der Waals surface area (Å²) in [6.45, 7) is 7.05. The summed E-state index contributed by atoms with van der Waals surface area (Å²) < 4.78 is 45.3. The SMILES string of the molecule is C[C@H]1c2c(nn(-c3ccc(F)c(C4CC4)c3)c2-n2ccn(-c3ccc4c(cnn4C)c3F)c2=O)CCN1C(=O)c1nc2cc([C@H]3CCOC(C)(C)C3)ccn2c1C1(C2=NC(O)ON2)CC1. The predicted octanol–water partition coefficient (Wildman–Crippen LogP) is 6.18. The number of nitrogens with zero attached hydrogens (tertiary/aromatic N) is 10. The Balaban J connectivity index is 0.989. The van der Waals surface area contributed by atoms with Gasteiger partial charge in [-0.25, -0.2) is 38.6 Å². The molecule has 0 spiro atoms. The minimum Gasteiger partial charge on any atom is -0.376 e. The van der Waals surface area contributed by atoms with Gasteiger partial charge in [0.15, 0.2) is 11.5 Å². The summed E-state index contributed by atoms with van der Waals surface area (Å²) in [5, 5.41) is 19.8. The van der Waals surface area contributed by atoms with E-state index in [4.69, 9.17) is 19.7 Å². The molecule has 65 heavy (non-hydrogen) atoms. The van der Waals surface area contributed by atoms with Crippen molar-refractivity contribution in [2.75, 3.05) is 13.2 Å². The molecule has 2 N–H and O–H groups in total. The van der Waals surface area contributed by atoms with E-state index in [0.717, 1.165) is 31.2 Å². The number of aromatic nitrogens is 8. The van der Waals surface area contributed by atoms with Gasteiger partial charge in [-0.2, -0.15) is 10.2 Å². The van der Waals surface area contributed by atoms with E-state index in [2.05, 4.69) is 41.6 Å². The first-order valence-corrected chi connectivity index (χ1v) is 22.3. The van der Waals surface area contributed by atoms with E-state index < -0.39 is 29.4 Å². The maximum Gasteiger partial charge on any atom is 0.338 e. The van der Waals surface area contributed by atoms with Gasteiger partial charge in [-0.3, -0.25) is 18.6 Å². The Morgan fingerprint density at radius 1 is 1.00 bits per heavy atom. The van der Waals surface area contributed by atoms with E-state index in [1.54, 1.807) is 51.8 Å². The average Bonchev–Trinajstić information content (AvgIpc) is 4.03. The molecule has 1 saturated heterocycles. The highest BCUT2D eigenvalue weighted by Gasteiger charge is 2.56. The van der Waals surface area contributed by atoms with Crippen LogP contribution in [0.2, 0.25) is 0 Å². The van der Waals surface area contributed by atoms with Crippen LogP contribution in [0.3, 0.4) is 0 Å². The minimum absolute atomic E-state index is 0.0492. The number of hydroxylamine groups is 1. The molecule has 3 aliphatic heterocycles. The summed E-state index contributed by atoms with van der Waals surface area (Å²) in [5.41, 5.74) is 6.90. The number of hydrogen-bond donors (Lipinski definition) is 2. The van der Waals surface area contributed by atoms with Crippen LogP contribution in [-0.2, 0) is 28.5 Å². The van der Waals surface area contributed by atoms with Crippen LogP contribution in [0, 0.1) is 11.6 Å². The molecule has 3 atom stereocenters. The number of hydrogen-bond acceptors (Lipinski definition) is 10. The van der Waals surface area contributed by atoms with Crippen LogP contribution in [0.1, 0.15) is 116 Å². The Bertz CT molecular complexity index is 3220. The Hall–Kier alpha value is -6.50. The second-order valence-corrected chi connectivity index (χ2v) is 18.8. The van der Waals surface area contributed by atoms with Crippen LogP contribution in [0.15, 0.2) is 77.0 Å². The number of ether oxygens (including phenoxy) is 1. The summed E-state index contributed by atoms with van der Waals surface area (Å²) in [7, 11) is 1.72. The number of aliphatic hydroxyl groups excluding tert-OH is 1. The molecule has 2 aromatic carbocycles. The standard InChI is InChI=1S/C47H47F2N11O5/c1-25-37-33(53-60(29-7-8-32(48)30(22-29)26-5-6-26)41(37)59-19-18-57(45(59)63)35-10-9-34-31(38(35)49)24-50-55(34)4)12-17-56(25)42(61)39-40(47(14-15-47)43-52-44(62)65-54-43)58-16-11-27(21-36(58)51-39)28-13-20-64-46(2,3)23-28/h7-11,16,18-19,21-22,24-26,28,44,62H,5-6,12-15,17,20,23H2,1-4H3,(H,52,54)/t25-,28-,44?/m0/s1. The van der Waals surface area contributed by atoms with Gasteiger partial charge in [0.05, 0.1) is 56.9 Å². The summed E-state index contributed by atoms with van der Waals surface area (Å²) in [6, 6.07) is 11.6. The maximum absolute atomic E-state index is 16.1. The van der Waals surface area contributed by atoms with Crippen molar-refractivity contribution in [2.45, 2.75) is 101 Å². The van der Waals surface area contributed by atoms with Crippen LogP contribution in [-0.4, -0.2) is 85.0 Å². The van der Waals surface area contributed by atoms with E-state index in [1.165, 1.54) is 27.6 Å². The fourth-order valence-corrected chi connectivity index (χ4v) is 10.6. The van der Waals surface area contributed by atoms with Gasteiger partial charge < -0.3 is 19.1 Å². The zero-order valence-corrected chi connectivity index (χ0v) is 36.3. The third-order valence-electron chi connectivity index (χ3n) is 14.2. The Labute approximate surface area is 370 Å². The molecule has 5 aliphatic rings. The van der Waals surface area contributed by atoms with Crippen LogP contribution in [0.25, 0.3) is 33.7 Å². The number of halogens is 2. The second-order valence-electron chi connectivity index (χ2n) is 18.8. The molecule has 2 aliphatic carbocycles. The first-order valence-electron chi connectivity index (χ1n) is 22.3. The molecule has 1 unspecified atom stereocenters. The Morgan fingerprint density at radius 2 is 1.82 bits per heavy atom. The number of aryl methyl sites for hydroxylation is 1. The average molecular weight is 884 g/mol. The molecule has 0 bridgehead atoms. The van der Waals surface area contributed by atoms with E-state index in [0.29, 0.717) is 76.9 Å². The zero-order valence-electron chi connectivity index (χ0n) is 36.3. The molecule has 18 heteroatoms. The number of imidazole rings is 2. The van der Waals surface area contributed by atoms with Gasteiger partial charge in [0.2, 0.25) is 0 Å². The number of benzene rings is 2. The molecule has 7 aromatic rings. The summed E-state index contributed by atoms with van der Waals surface area (Å²) in [4.78, 5) is 46.6. The van der Waals surface area contributed by atoms with Crippen molar-refractivity contribution in [3.63, 3.8) is 0 Å². The third-order valence-corrected chi connectivity index (χ3v) is 14.2. The molecular formula is C47H47F2N11O5. The number of carbonyl (C=O) groups excluding carboxylic acids is 1.